The van der Waals surface area contributed by atoms with E-state index in [0.717, 1.165) is 18.4 Å². The molecule has 1 aliphatic heterocycles. The summed E-state index contributed by atoms with van der Waals surface area (Å²) in [4.78, 5) is 17.9. The predicted molar refractivity (Wildman–Crippen MR) is 129 cm³/mol. The van der Waals surface area contributed by atoms with E-state index in [1.807, 2.05) is 26.8 Å². The molecule has 1 aliphatic rings. The van der Waals surface area contributed by atoms with Crippen molar-refractivity contribution in [3.8, 4) is 5.75 Å². The molecule has 33 heavy (non-hydrogen) atoms. The van der Waals surface area contributed by atoms with E-state index >= 15 is 4.39 Å². The molecule has 3 aromatic rings. The highest BCUT2D eigenvalue weighted by molar-refractivity contribution is 6.66. The van der Waals surface area contributed by atoms with Crippen molar-refractivity contribution < 1.29 is 13.9 Å². The number of aromatic nitrogens is 3. The molecule has 0 saturated heterocycles. The van der Waals surface area contributed by atoms with Gasteiger partial charge in [0.05, 0.1) is 5.69 Å². The number of nitrogens with zero attached hydrogens (tertiary/aromatic N) is 3. The number of esters is 1. The van der Waals surface area contributed by atoms with Crippen molar-refractivity contribution in [2.24, 2.45) is 0 Å². The van der Waals surface area contributed by atoms with Crippen LogP contribution in [0.3, 0.4) is 0 Å². The Morgan fingerprint density at radius 1 is 1.15 bits per heavy atom. The van der Waals surface area contributed by atoms with Crippen LogP contribution >= 0.6 is 34.8 Å². The van der Waals surface area contributed by atoms with Gasteiger partial charge in [-0.25, -0.2) is 14.2 Å². The van der Waals surface area contributed by atoms with Gasteiger partial charge in [0, 0.05) is 23.2 Å². The topological polar surface area (TPSA) is 57.0 Å². The second-order valence-electron chi connectivity index (χ2n) is 9.49. The minimum Gasteiger partial charge on any atom is -0.422 e. The van der Waals surface area contributed by atoms with Crippen LogP contribution in [0.15, 0.2) is 12.1 Å². The number of fused-ring (bicyclic) bond motifs is 2. The molecule has 9 heteroatoms. The van der Waals surface area contributed by atoms with Gasteiger partial charge >= 0.3 is 5.97 Å². The van der Waals surface area contributed by atoms with Crippen LogP contribution in [0.5, 0.6) is 5.75 Å². The number of hydrogen-bond acceptors (Lipinski definition) is 4. The van der Waals surface area contributed by atoms with E-state index in [9.17, 15) is 4.79 Å². The first kappa shape index (κ1) is 24.2. The molecule has 0 amide bonds. The van der Waals surface area contributed by atoms with E-state index in [4.69, 9.17) is 39.5 Å². The lowest BCUT2D eigenvalue weighted by atomic mass is 9.86. The smallest absolute Gasteiger partial charge is 0.347 e. The Balaban J connectivity index is 1.90. The zero-order chi connectivity index (χ0) is 24.3. The maximum atomic E-state index is 15.1. The molecule has 0 bridgehead atoms. The van der Waals surface area contributed by atoms with Crippen LogP contribution in [-0.4, -0.2) is 20.7 Å². The first-order valence-corrected chi connectivity index (χ1v) is 11.9. The number of carbonyl (C=O) groups is 1. The fraction of sp³-hybridized carbons (Fsp3) is 0.458. The summed E-state index contributed by atoms with van der Waals surface area (Å²) in [5, 5.41) is 4.82. The number of alkyl halides is 3. The number of halogens is 4. The zero-order valence-electron chi connectivity index (χ0n) is 19.2. The summed E-state index contributed by atoms with van der Waals surface area (Å²) < 4.78 is 20.8. The van der Waals surface area contributed by atoms with Gasteiger partial charge in [0.2, 0.25) is 3.79 Å². The van der Waals surface area contributed by atoms with Gasteiger partial charge in [-0.1, -0.05) is 55.6 Å². The summed E-state index contributed by atoms with van der Waals surface area (Å²) in [5.74, 6) is -0.905. The van der Waals surface area contributed by atoms with Gasteiger partial charge in [0.25, 0.3) is 0 Å². The molecule has 0 unspecified atom stereocenters. The van der Waals surface area contributed by atoms with Crippen LogP contribution in [0.4, 0.5) is 4.39 Å². The number of carbonyl (C=O) groups excluding carboxylic acids is 1. The summed E-state index contributed by atoms with van der Waals surface area (Å²) in [7, 11) is 0. The molecule has 0 spiro atoms. The van der Waals surface area contributed by atoms with Crippen molar-refractivity contribution in [2.45, 2.75) is 69.6 Å². The van der Waals surface area contributed by atoms with Gasteiger partial charge in [-0.05, 0) is 56.2 Å². The quantitative estimate of drug-likeness (QED) is 0.278. The second-order valence-corrected chi connectivity index (χ2v) is 11.8. The van der Waals surface area contributed by atoms with Gasteiger partial charge in [0.1, 0.15) is 28.3 Å². The lowest BCUT2D eigenvalue weighted by Gasteiger charge is -2.21. The molecule has 0 atom stereocenters. The standard InChI is InChI=1S/C24H25Cl3FN3O2/c1-12-13(2)29-19-15(10-14(11-16(19)28)23(3,4)5)20(12)33-22(32)18-17-8-6-7-9-31(17)30-21(18)24(25,26)27/h10-11H,6-9H2,1-5H3. The van der Waals surface area contributed by atoms with Crippen LogP contribution < -0.4 is 4.74 Å². The van der Waals surface area contributed by atoms with Crippen LogP contribution in [0.1, 0.15) is 72.2 Å². The van der Waals surface area contributed by atoms with Crippen LogP contribution in [0.2, 0.25) is 0 Å². The molecular formula is C24H25Cl3FN3O2. The molecule has 5 nitrogen and oxygen atoms in total. The summed E-state index contributed by atoms with van der Waals surface area (Å²) >= 11 is 18.5. The Kier molecular flexibility index (Phi) is 6.17. The van der Waals surface area contributed by atoms with Gasteiger partial charge in [-0.15, -0.1) is 0 Å². The minimum absolute atomic E-state index is 0.0451. The maximum absolute atomic E-state index is 15.1. The Morgan fingerprint density at radius 2 is 1.85 bits per heavy atom. The fourth-order valence-electron chi connectivity index (χ4n) is 4.11. The number of benzene rings is 1. The maximum Gasteiger partial charge on any atom is 0.347 e. The molecular weight excluding hydrogens is 488 g/mol. The number of aryl methyl sites for hydroxylation is 2. The van der Waals surface area contributed by atoms with E-state index < -0.39 is 15.6 Å². The molecule has 0 N–H and O–H groups in total. The molecule has 0 fully saturated rings. The van der Waals surface area contributed by atoms with Crippen molar-refractivity contribution in [1.82, 2.24) is 14.8 Å². The highest BCUT2D eigenvalue weighted by Crippen LogP contribution is 2.42. The SMILES string of the molecule is Cc1nc2c(F)cc(C(C)(C)C)cc2c(OC(=O)c2c(C(Cl)(Cl)Cl)nn3c2CCCC3)c1C. The fourth-order valence-corrected chi connectivity index (χ4v) is 4.51. The van der Waals surface area contributed by atoms with Crippen molar-refractivity contribution in [3.05, 3.63) is 51.7 Å². The van der Waals surface area contributed by atoms with E-state index in [-0.39, 0.29) is 27.9 Å². The zero-order valence-corrected chi connectivity index (χ0v) is 21.4. The molecule has 0 radical (unpaired) electrons. The summed E-state index contributed by atoms with van der Waals surface area (Å²) in [6.45, 7) is 10.1. The lowest BCUT2D eigenvalue weighted by Crippen LogP contribution is -2.18. The van der Waals surface area contributed by atoms with E-state index in [1.165, 1.54) is 6.07 Å². The van der Waals surface area contributed by atoms with Gasteiger partial charge < -0.3 is 4.74 Å². The van der Waals surface area contributed by atoms with Gasteiger partial charge in [-0.2, -0.15) is 5.10 Å². The van der Waals surface area contributed by atoms with Gasteiger partial charge in [-0.3, -0.25) is 4.68 Å². The third-order valence-corrected chi connectivity index (χ3v) is 6.63. The summed E-state index contributed by atoms with van der Waals surface area (Å²) in [6, 6.07) is 3.30. The van der Waals surface area contributed by atoms with Crippen LogP contribution in [-0.2, 0) is 22.2 Å². The third kappa shape index (κ3) is 4.45. The largest absolute Gasteiger partial charge is 0.422 e. The summed E-state index contributed by atoms with van der Waals surface area (Å²) in [5.41, 5.74) is 2.68. The van der Waals surface area contributed by atoms with Crippen molar-refractivity contribution >= 4 is 51.7 Å². The van der Waals surface area contributed by atoms with Crippen LogP contribution in [0.25, 0.3) is 10.9 Å². The normalized spacial score (nSPS) is 14.5. The van der Waals surface area contributed by atoms with Crippen molar-refractivity contribution in [1.29, 1.82) is 0 Å². The Labute approximate surface area is 207 Å². The lowest BCUT2D eigenvalue weighted by molar-refractivity contribution is 0.0733. The predicted octanol–water partition coefficient (Wildman–Crippen LogP) is 6.87. The molecule has 176 valence electrons. The molecule has 2 aromatic heterocycles. The average Bonchev–Trinajstić information content (AvgIpc) is 3.11. The Hall–Kier alpha value is -1.89. The van der Waals surface area contributed by atoms with Gasteiger partial charge in [0.15, 0.2) is 0 Å². The van der Waals surface area contributed by atoms with Crippen LogP contribution in [0, 0.1) is 19.7 Å². The number of rotatable bonds is 2. The van der Waals surface area contributed by atoms with E-state index in [1.54, 1.807) is 18.5 Å². The molecule has 0 aliphatic carbocycles. The highest BCUT2D eigenvalue weighted by Gasteiger charge is 2.38. The highest BCUT2D eigenvalue weighted by atomic mass is 35.6. The second kappa shape index (κ2) is 8.40. The molecule has 0 saturated carbocycles. The minimum atomic E-state index is -1.89. The third-order valence-electron chi connectivity index (χ3n) is 6.10. The van der Waals surface area contributed by atoms with E-state index in [0.29, 0.717) is 35.3 Å². The molecule has 3 heterocycles. The Morgan fingerprint density at radius 3 is 2.48 bits per heavy atom. The van der Waals surface area contributed by atoms with Crippen molar-refractivity contribution in [2.75, 3.05) is 0 Å². The average molecular weight is 513 g/mol. The number of ether oxygens (including phenoxy) is 1. The first-order valence-electron chi connectivity index (χ1n) is 10.8. The first-order chi connectivity index (χ1) is 15.3. The number of hydrogen-bond donors (Lipinski definition) is 0. The molecule has 4 rings (SSSR count). The monoisotopic (exact) mass is 511 g/mol. The molecule has 1 aromatic carbocycles. The summed E-state index contributed by atoms with van der Waals surface area (Å²) in [6.07, 6.45) is 2.43. The number of pyridine rings is 1. The van der Waals surface area contributed by atoms with E-state index in [2.05, 4.69) is 10.1 Å². The Bertz CT molecular complexity index is 1270. The van der Waals surface area contributed by atoms with Crippen molar-refractivity contribution in [3.63, 3.8) is 0 Å².